The monoisotopic (exact) mass is 547 g/mol. The summed E-state index contributed by atoms with van der Waals surface area (Å²) in [5.74, 6) is -2.24. The summed E-state index contributed by atoms with van der Waals surface area (Å²) in [6.07, 6.45) is -0.265. The lowest BCUT2D eigenvalue weighted by Gasteiger charge is -2.26. The number of aryl methyl sites for hydroxylation is 2. The van der Waals surface area contributed by atoms with Crippen molar-refractivity contribution in [2.45, 2.75) is 39.8 Å². The van der Waals surface area contributed by atoms with Crippen LogP contribution in [-0.4, -0.2) is 28.9 Å². The minimum atomic E-state index is -0.845. The van der Waals surface area contributed by atoms with E-state index in [0.29, 0.717) is 22.4 Å². The smallest absolute Gasteiger partial charge is 0.338 e. The van der Waals surface area contributed by atoms with Crippen LogP contribution in [0.2, 0.25) is 0 Å². The molecule has 184 valence electrons. The fourth-order valence-corrected chi connectivity index (χ4v) is 4.49. The number of benzene rings is 3. The molecule has 0 radical (unpaired) electrons. The zero-order valence-electron chi connectivity index (χ0n) is 20.4. The molecule has 1 aliphatic rings. The van der Waals surface area contributed by atoms with E-state index in [2.05, 4.69) is 15.9 Å². The van der Waals surface area contributed by atoms with Gasteiger partial charge in [0.1, 0.15) is 5.76 Å². The second kappa shape index (κ2) is 10.1. The van der Waals surface area contributed by atoms with Gasteiger partial charge < -0.3 is 9.84 Å². The van der Waals surface area contributed by atoms with E-state index in [9.17, 15) is 19.5 Å². The number of ketones is 1. The summed E-state index contributed by atoms with van der Waals surface area (Å²) in [5.41, 5.74) is 3.73. The van der Waals surface area contributed by atoms with E-state index < -0.39 is 23.7 Å². The molecule has 36 heavy (non-hydrogen) atoms. The van der Waals surface area contributed by atoms with E-state index in [4.69, 9.17) is 4.74 Å². The molecule has 3 aromatic carbocycles. The van der Waals surface area contributed by atoms with E-state index in [-0.39, 0.29) is 17.4 Å². The molecule has 0 aromatic heterocycles. The number of hydrogen-bond donors (Lipinski definition) is 1. The number of aliphatic hydroxyl groups is 1. The lowest BCUT2D eigenvalue weighted by atomic mass is 9.94. The third-order valence-corrected chi connectivity index (χ3v) is 6.85. The first kappa shape index (κ1) is 25.4. The van der Waals surface area contributed by atoms with E-state index in [1.807, 2.05) is 38.1 Å². The molecule has 0 spiro atoms. The predicted octanol–water partition coefficient (Wildman–Crippen LogP) is 6.26. The summed E-state index contributed by atoms with van der Waals surface area (Å²) >= 11 is 3.45. The molecule has 6 nitrogen and oxygen atoms in total. The highest BCUT2D eigenvalue weighted by Gasteiger charge is 2.47. The van der Waals surface area contributed by atoms with Crippen LogP contribution in [0, 0.1) is 13.8 Å². The van der Waals surface area contributed by atoms with Gasteiger partial charge in [0.25, 0.3) is 11.7 Å². The molecular weight excluding hydrogens is 522 g/mol. The second-order valence-corrected chi connectivity index (χ2v) is 9.90. The average molecular weight is 548 g/mol. The van der Waals surface area contributed by atoms with Crippen molar-refractivity contribution in [1.82, 2.24) is 0 Å². The Labute approximate surface area is 218 Å². The predicted molar refractivity (Wildman–Crippen MR) is 142 cm³/mol. The molecule has 1 aliphatic heterocycles. The number of hydrogen-bond acceptors (Lipinski definition) is 5. The molecule has 7 heteroatoms. The number of aliphatic hydroxyl groups excluding tert-OH is 1. The summed E-state index contributed by atoms with van der Waals surface area (Å²) in [4.78, 5) is 40.3. The molecule has 4 rings (SSSR count). The van der Waals surface area contributed by atoms with Crippen molar-refractivity contribution in [1.29, 1.82) is 0 Å². The first-order valence-electron chi connectivity index (χ1n) is 11.5. The van der Waals surface area contributed by atoms with Gasteiger partial charge in [0, 0.05) is 15.7 Å². The van der Waals surface area contributed by atoms with Gasteiger partial charge in [-0.05, 0) is 75.2 Å². The second-order valence-electron chi connectivity index (χ2n) is 9.05. The summed E-state index contributed by atoms with van der Waals surface area (Å²) in [7, 11) is 0. The van der Waals surface area contributed by atoms with Crippen LogP contribution >= 0.6 is 15.9 Å². The molecule has 0 aliphatic carbocycles. The van der Waals surface area contributed by atoms with Gasteiger partial charge in [-0.25, -0.2) is 4.79 Å². The number of carbonyl (C=O) groups is 3. The molecule has 0 bridgehead atoms. The Balaban J connectivity index is 1.86. The van der Waals surface area contributed by atoms with Crippen LogP contribution in [0.1, 0.15) is 52.5 Å². The molecular formula is C29H26BrNO5. The van der Waals surface area contributed by atoms with E-state index in [1.54, 1.807) is 56.3 Å². The maximum absolute atomic E-state index is 13.3. The fourth-order valence-electron chi connectivity index (χ4n) is 4.24. The quantitative estimate of drug-likeness (QED) is 0.176. The standard InChI is InChI=1S/C29H26BrNO5/c1-16(2)36-29(35)19-8-11-22(12-9-19)31-25(20-7-5-6-17(3)14-20)24(27(33)28(31)34)26(32)21-10-13-23(30)18(4)15-21/h5-16,25,32H,1-4H3/b26-24-. The Bertz CT molecular complexity index is 1390. The number of halogens is 1. The summed E-state index contributed by atoms with van der Waals surface area (Å²) in [5, 5.41) is 11.3. The fraction of sp³-hybridized carbons (Fsp3) is 0.207. The largest absolute Gasteiger partial charge is 0.507 e. The van der Waals surface area contributed by atoms with Gasteiger partial charge >= 0.3 is 5.97 Å². The van der Waals surface area contributed by atoms with Crippen molar-refractivity contribution in [3.05, 3.63) is 105 Å². The minimum absolute atomic E-state index is 0.00983. The number of Topliss-reactive ketones (excluding diaryl/α,β-unsaturated/α-hetero) is 1. The van der Waals surface area contributed by atoms with Crippen molar-refractivity contribution >= 4 is 45.0 Å². The molecule has 3 aromatic rings. The zero-order chi connectivity index (χ0) is 26.1. The van der Waals surface area contributed by atoms with Crippen LogP contribution in [-0.2, 0) is 14.3 Å². The SMILES string of the molecule is Cc1cccc(C2/C(=C(/O)c3ccc(Br)c(C)c3)C(=O)C(=O)N2c2ccc(C(=O)OC(C)C)cc2)c1. The normalized spacial score (nSPS) is 17.1. The first-order chi connectivity index (χ1) is 17.1. The van der Waals surface area contributed by atoms with Gasteiger partial charge in [0.05, 0.1) is 23.3 Å². The van der Waals surface area contributed by atoms with Gasteiger partial charge in [0.2, 0.25) is 0 Å². The highest BCUT2D eigenvalue weighted by Crippen LogP contribution is 2.42. The van der Waals surface area contributed by atoms with Gasteiger partial charge in [-0.3, -0.25) is 14.5 Å². The van der Waals surface area contributed by atoms with Crippen LogP contribution in [0.5, 0.6) is 0 Å². The third-order valence-electron chi connectivity index (χ3n) is 5.96. The van der Waals surface area contributed by atoms with E-state index in [1.165, 1.54) is 4.90 Å². The van der Waals surface area contributed by atoms with Crippen LogP contribution in [0.4, 0.5) is 5.69 Å². The van der Waals surface area contributed by atoms with Gasteiger partial charge in [0.15, 0.2) is 0 Å². The molecule has 1 N–H and O–H groups in total. The lowest BCUT2D eigenvalue weighted by molar-refractivity contribution is -0.132. The zero-order valence-corrected chi connectivity index (χ0v) is 22.0. The van der Waals surface area contributed by atoms with Crippen LogP contribution in [0.3, 0.4) is 0 Å². The highest BCUT2D eigenvalue weighted by atomic mass is 79.9. The summed E-state index contributed by atoms with van der Waals surface area (Å²) in [6.45, 7) is 7.33. The Kier molecular flexibility index (Phi) is 7.13. The number of amides is 1. The molecule has 1 amide bonds. The van der Waals surface area contributed by atoms with Crippen LogP contribution in [0.15, 0.2) is 76.8 Å². The van der Waals surface area contributed by atoms with Crippen LogP contribution < -0.4 is 4.90 Å². The number of ether oxygens (including phenoxy) is 1. The number of anilines is 1. The highest BCUT2D eigenvalue weighted by molar-refractivity contribution is 9.10. The number of rotatable bonds is 5. The van der Waals surface area contributed by atoms with Crippen LogP contribution in [0.25, 0.3) is 5.76 Å². The average Bonchev–Trinajstić information content (AvgIpc) is 3.10. The molecule has 1 fully saturated rings. The Morgan fingerprint density at radius 2 is 1.64 bits per heavy atom. The molecule has 0 saturated carbocycles. The third kappa shape index (κ3) is 4.84. The van der Waals surface area contributed by atoms with Gasteiger partial charge in [-0.2, -0.15) is 0 Å². The van der Waals surface area contributed by atoms with Crippen molar-refractivity contribution in [3.63, 3.8) is 0 Å². The van der Waals surface area contributed by atoms with Crippen molar-refractivity contribution in [2.75, 3.05) is 4.90 Å². The Hall–Kier alpha value is -3.71. The lowest BCUT2D eigenvalue weighted by Crippen LogP contribution is -2.29. The molecule has 1 atom stereocenters. The molecule has 1 saturated heterocycles. The Morgan fingerprint density at radius 1 is 0.972 bits per heavy atom. The van der Waals surface area contributed by atoms with Gasteiger partial charge in [-0.1, -0.05) is 51.8 Å². The molecule has 1 heterocycles. The van der Waals surface area contributed by atoms with Crippen molar-refractivity contribution in [3.8, 4) is 0 Å². The topological polar surface area (TPSA) is 83.9 Å². The maximum atomic E-state index is 13.3. The van der Waals surface area contributed by atoms with Crippen molar-refractivity contribution < 1.29 is 24.2 Å². The Morgan fingerprint density at radius 3 is 2.25 bits per heavy atom. The first-order valence-corrected chi connectivity index (χ1v) is 12.3. The molecule has 1 unspecified atom stereocenters. The number of carbonyl (C=O) groups excluding carboxylic acids is 3. The summed E-state index contributed by atoms with van der Waals surface area (Å²) < 4.78 is 6.11. The minimum Gasteiger partial charge on any atom is -0.507 e. The maximum Gasteiger partial charge on any atom is 0.338 e. The van der Waals surface area contributed by atoms with Crippen molar-refractivity contribution in [2.24, 2.45) is 0 Å². The van der Waals surface area contributed by atoms with E-state index in [0.717, 1.165) is 15.6 Å². The van der Waals surface area contributed by atoms with Gasteiger partial charge in [-0.15, -0.1) is 0 Å². The number of esters is 1. The van der Waals surface area contributed by atoms with E-state index >= 15 is 0 Å². The number of nitrogens with zero attached hydrogens (tertiary/aromatic N) is 1. The summed E-state index contributed by atoms with van der Waals surface area (Å²) in [6, 6.07) is 18.2.